The van der Waals surface area contributed by atoms with Gasteiger partial charge in [0.1, 0.15) is 11.0 Å². The maximum atomic E-state index is 12.6. The minimum Gasteiger partial charge on any atom is -0.449 e. The van der Waals surface area contributed by atoms with Crippen molar-refractivity contribution in [2.45, 2.75) is 13.2 Å². The number of para-hydroxylation sites is 1. The highest BCUT2D eigenvalue weighted by atomic mass is 32.1. The van der Waals surface area contributed by atoms with Crippen LogP contribution in [-0.2, 0) is 13.2 Å². The number of fused-ring (bicyclic) bond motifs is 2. The van der Waals surface area contributed by atoms with Crippen LogP contribution in [0.5, 0.6) is 5.88 Å². The van der Waals surface area contributed by atoms with Gasteiger partial charge in [0.15, 0.2) is 0 Å². The predicted octanol–water partition coefficient (Wildman–Crippen LogP) is 6.13. The zero-order valence-corrected chi connectivity index (χ0v) is 22.3. The molecule has 11 heteroatoms. The SMILES string of the molecule is NC(=O)N(c1ccccc1)c1ccc2c(c1)c(-c1ccc(CO)cc1)c(OC(=O)O)n2Cc1ccc2nsnc2c1. The van der Waals surface area contributed by atoms with Crippen LogP contribution >= 0.6 is 11.7 Å². The van der Waals surface area contributed by atoms with Gasteiger partial charge in [0, 0.05) is 5.39 Å². The van der Waals surface area contributed by atoms with Crippen molar-refractivity contribution < 1.29 is 24.5 Å². The van der Waals surface area contributed by atoms with Crippen LogP contribution in [0.25, 0.3) is 33.1 Å². The molecule has 6 rings (SSSR count). The number of aliphatic hydroxyl groups excluding tert-OH is 1. The highest BCUT2D eigenvalue weighted by Gasteiger charge is 2.25. The van der Waals surface area contributed by atoms with Crippen LogP contribution in [0.4, 0.5) is 21.0 Å². The average Bonchev–Trinajstić information content (AvgIpc) is 3.55. The van der Waals surface area contributed by atoms with Gasteiger partial charge in [-0.2, -0.15) is 8.75 Å². The molecule has 41 heavy (non-hydrogen) atoms. The lowest BCUT2D eigenvalue weighted by Crippen LogP contribution is -2.31. The summed E-state index contributed by atoms with van der Waals surface area (Å²) < 4.78 is 15.8. The monoisotopic (exact) mass is 565 g/mol. The topological polar surface area (TPSA) is 144 Å². The Bertz CT molecular complexity index is 1900. The number of carbonyl (C=O) groups is 2. The molecule has 4 aromatic carbocycles. The first-order chi connectivity index (χ1) is 19.9. The Labute approximate surface area is 237 Å². The molecule has 0 saturated heterocycles. The van der Waals surface area contributed by atoms with E-state index in [4.69, 9.17) is 10.5 Å². The Kier molecular flexibility index (Phi) is 6.79. The summed E-state index contributed by atoms with van der Waals surface area (Å²) in [5, 5.41) is 20.0. The summed E-state index contributed by atoms with van der Waals surface area (Å²) in [6.45, 7) is 0.141. The van der Waals surface area contributed by atoms with Gasteiger partial charge >= 0.3 is 12.2 Å². The summed E-state index contributed by atoms with van der Waals surface area (Å²) >= 11 is 1.12. The third kappa shape index (κ3) is 4.95. The maximum absolute atomic E-state index is 12.6. The number of rotatable bonds is 7. The number of ether oxygens (including phenoxy) is 1. The normalized spacial score (nSPS) is 11.1. The van der Waals surface area contributed by atoms with Gasteiger partial charge in [0.25, 0.3) is 0 Å². The zero-order valence-electron chi connectivity index (χ0n) is 21.5. The lowest BCUT2D eigenvalue weighted by molar-refractivity contribution is 0.141. The fourth-order valence-electron chi connectivity index (χ4n) is 4.95. The number of hydrogen-bond donors (Lipinski definition) is 3. The first-order valence-corrected chi connectivity index (χ1v) is 13.3. The number of anilines is 2. The molecule has 6 aromatic rings. The Morgan fingerprint density at radius 2 is 1.61 bits per heavy atom. The van der Waals surface area contributed by atoms with E-state index in [1.54, 1.807) is 53.1 Å². The quantitative estimate of drug-likeness (QED) is 0.198. The number of nitrogens with zero attached hydrogens (tertiary/aromatic N) is 4. The van der Waals surface area contributed by atoms with Crippen molar-refractivity contribution in [3.05, 3.63) is 102 Å². The first kappa shape index (κ1) is 26.0. The van der Waals surface area contributed by atoms with Crippen LogP contribution in [0.1, 0.15) is 11.1 Å². The van der Waals surface area contributed by atoms with Crippen molar-refractivity contribution in [2.24, 2.45) is 5.73 Å². The lowest BCUT2D eigenvalue weighted by Gasteiger charge is -2.21. The second kappa shape index (κ2) is 10.7. The van der Waals surface area contributed by atoms with Crippen LogP contribution in [0.3, 0.4) is 0 Å². The molecule has 0 aliphatic carbocycles. The van der Waals surface area contributed by atoms with Gasteiger partial charge in [-0.1, -0.05) is 48.5 Å². The van der Waals surface area contributed by atoms with Gasteiger partial charge < -0.3 is 25.3 Å². The molecule has 0 spiro atoms. The van der Waals surface area contributed by atoms with Gasteiger partial charge in [-0.3, -0.25) is 4.90 Å². The van der Waals surface area contributed by atoms with Crippen molar-refractivity contribution in [3.63, 3.8) is 0 Å². The van der Waals surface area contributed by atoms with E-state index in [1.165, 1.54) is 4.90 Å². The number of carboxylic acid groups (broad SMARTS) is 1. The third-order valence-electron chi connectivity index (χ3n) is 6.76. The number of hydrogen-bond acceptors (Lipinski definition) is 7. The highest BCUT2D eigenvalue weighted by Crippen LogP contribution is 2.43. The molecule has 4 N–H and O–H groups in total. The fourth-order valence-corrected chi connectivity index (χ4v) is 5.47. The van der Waals surface area contributed by atoms with E-state index in [2.05, 4.69) is 8.75 Å². The molecular weight excluding hydrogens is 542 g/mol. The summed E-state index contributed by atoms with van der Waals surface area (Å²) in [6, 6.07) is 26.5. The lowest BCUT2D eigenvalue weighted by atomic mass is 10.0. The van der Waals surface area contributed by atoms with Gasteiger partial charge in [0.2, 0.25) is 5.88 Å². The van der Waals surface area contributed by atoms with Crippen molar-refractivity contribution in [1.29, 1.82) is 0 Å². The minimum atomic E-state index is -1.47. The number of nitrogens with two attached hydrogens (primary N) is 1. The molecule has 0 aliphatic rings. The molecule has 0 bridgehead atoms. The third-order valence-corrected chi connectivity index (χ3v) is 7.32. The van der Waals surface area contributed by atoms with Crippen LogP contribution in [0.15, 0.2) is 91.0 Å². The van der Waals surface area contributed by atoms with E-state index in [0.29, 0.717) is 39.0 Å². The number of aromatic nitrogens is 3. The summed E-state index contributed by atoms with van der Waals surface area (Å²) in [6.07, 6.45) is -1.47. The molecule has 0 radical (unpaired) electrons. The maximum Gasteiger partial charge on any atom is 0.512 e. The second-order valence-electron chi connectivity index (χ2n) is 9.29. The molecule has 0 atom stereocenters. The van der Waals surface area contributed by atoms with Crippen molar-refractivity contribution in [1.82, 2.24) is 13.3 Å². The second-order valence-corrected chi connectivity index (χ2v) is 9.82. The number of carbonyl (C=O) groups excluding carboxylic acids is 1. The number of aliphatic hydroxyl groups is 1. The average molecular weight is 566 g/mol. The van der Waals surface area contributed by atoms with E-state index in [1.807, 2.05) is 42.5 Å². The Balaban J connectivity index is 1.60. The Hall–Kier alpha value is -5.26. The number of amides is 2. The first-order valence-electron chi connectivity index (χ1n) is 12.6. The van der Waals surface area contributed by atoms with Crippen LogP contribution in [-0.4, -0.2) is 35.7 Å². The summed E-state index contributed by atoms with van der Waals surface area (Å²) in [4.78, 5) is 26.0. The molecule has 0 unspecified atom stereocenters. The molecule has 0 fully saturated rings. The fraction of sp³-hybridized carbons (Fsp3) is 0.0667. The van der Waals surface area contributed by atoms with Crippen LogP contribution in [0, 0.1) is 0 Å². The summed E-state index contributed by atoms with van der Waals surface area (Å²) in [5.74, 6) is 0.114. The number of urea groups is 1. The molecule has 2 heterocycles. The zero-order chi connectivity index (χ0) is 28.5. The van der Waals surface area contributed by atoms with E-state index in [9.17, 15) is 19.8 Å². The van der Waals surface area contributed by atoms with E-state index in [0.717, 1.165) is 28.3 Å². The molecule has 2 amide bonds. The van der Waals surface area contributed by atoms with Crippen molar-refractivity contribution in [2.75, 3.05) is 4.90 Å². The van der Waals surface area contributed by atoms with E-state index in [-0.39, 0.29) is 19.0 Å². The van der Waals surface area contributed by atoms with Crippen LogP contribution in [0.2, 0.25) is 0 Å². The molecule has 10 nitrogen and oxygen atoms in total. The van der Waals surface area contributed by atoms with Gasteiger partial charge in [-0.15, -0.1) is 0 Å². The molecule has 204 valence electrons. The minimum absolute atomic E-state index is 0.114. The summed E-state index contributed by atoms with van der Waals surface area (Å²) in [5.41, 5.74) is 11.8. The Morgan fingerprint density at radius 1 is 0.878 bits per heavy atom. The standard InChI is InChI=1S/C30H23N5O5S/c31-29(37)35(21-4-2-1-3-5-21)22-11-13-26-23(15-22)27(20-9-6-18(17-36)7-10-20)28(40-30(38)39)34(26)16-19-8-12-24-25(14-19)33-41-32-24/h1-15,36H,16-17H2,(H2,31,37)(H,38,39). The number of primary amides is 1. The molecular formula is C30H23N5O5S. The van der Waals surface area contributed by atoms with Crippen LogP contribution < -0.4 is 15.4 Å². The van der Waals surface area contributed by atoms with E-state index < -0.39 is 12.2 Å². The van der Waals surface area contributed by atoms with Gasteiger partial charge in [-0.25, -0.2) is 9.59 Å². The number of benzene rings is 4. The molecule has 2 aromatic heterocycles. The van der Waals surface area contributed by atoms with Gasteiger partial charge in [-0.05, 0) is 59.2 Å². The molecule has 0 saturated carbocycles. The smallest absolute Gasteiger partial charge is 0.449 e. The highest BCUT2D eigenvalue weighted by molar-refractivity contribution is 7.00. The van der Waals surface area contributed by atoms with Crippen molar-refractivity contribution >= 4 is 57.2 Å². The molecule has 0 aliphatic heterocycles. The largest absolute Gasteiger partial charge is 0.512 e. The summed E-state index contributed by atoms with van der Waals surface area (Å²) in [7, 11) is 0. The predicted molar refractivity (Wildman–Crippen MR) is 157 cm³/mol. The van der Waals surface area contributed by atoms with E-state index >= 15 is 0 Å². The van der Waals surface area contributed by atoms with Crippen molar-refractivity contribution in [3.8, 4) is 17.0 Å². The Morgan fingerprint density at radius 3 is 2.32 bits per heavy atom. The van der Waals surface area contributed by atoms with Gasteiger partial charge in [0.05, 0.1) is 47.3 Å².